The van der Waals surface area contributed by atoms with Gasteiger partial charge < -0.3 is 14.7 Å². The van der Waals surface area contributed by atoms with Gasteiger partial charge in [-0.25, -0.2) is 19.7 Å². The van der Waals surface area contributed by atoms with Crippen LogP contribution in [-0.4, -0.2) is 68.2 Å². The number of rotatable bonds is 5. The molecule has 1 fully saturated rings. The number of carboxylic acids is 1. The average molecular weight is 471 g/mol. The molecule has 6 rings (SSSR count). The minimum Gasteiger partial charge on any atom is -0.485 e. The largest absolute Gasteiger partial charge is 0.485 e. The lowest BCUT2D eigenvalue weighted by Crippen LogP contribution is -2.47. The fraction of sp³-hybridized carbons (Fsp3) is 0.308. The van der Waals surface area contributed by atoms with Crippen LogP contribution in [0.1, 0.15) is 27.6 Å². The molecule has 0 bridgehead atoms. The fourth-order valence-corrected chi connectivity index (χ4v) is 5.06. The van der Waals surface area contributed by atoms with E-state index in [1.54, 1.807) is 6.33 Å². The number of carbonyl (C=O) groups is 1. The van der Waals surface area contributed by atoms with Gasteiger partial charge in [-0.15, -0.1) is 0 Å². The van der Waals surface area contributed by atoms with Crippen molar-refractivity contribution in [2.45, 2.75) is 20.0 Å². The molecule has 35 heavy (non-hydrogen) atoms. The van der Waals surface area contributed by atoms with Gasteiger partial charge in [-0.1, -0.05) is 18.2 Å². The number of anilines is 1. The molecule has 0 saturated carbocycles. The molecule has 1 saturated heterocycles. The second kappa shape index (κ2) is 8.66. The van der Waals surface area contributed by atoms with E-state index in [4.69, 9.17) is 4.74 Å². The van der Waals surface area contributed by atoms with E-state index in [0.29, 0.717) is 5.69 Å². The number of ether oxygens (including phenoxy) is 1. The highest BCUT2D eigenvalue weighted by Crippen LogP contribution is 2.34. The smallest absolute Gasteiger partial charge is 0.356 e. The summed E-state index contributed by atoms with van der Waals surface area (Å²) >= 11 is 0. The number of hydrogen-bond donors (Lipinski definition) is 1. The van der Waals surface area contributed by atoms with Crippen molar-refractivity contribution in [1.82, 2.24) is 24.4 Å². The van der Waals surface area contributed by atoms with Crippen molar-refractivity contribution in [3.05, 3.63) is 71.7 Å². The molecule has 4 heterocycles. The third-order valence-electron chi connectivity index (χ3n) is 6.89. The van der Waals surface area contributed by atoms with Gasteiger partial charge in [-0.3, -0.25) is 9.47 Å². The Kier molecular flexibility index (Phi) is 5.33. The maximum Gasteiger partial charge on any atom is 0.356 e. The Labute approximate surface area is 202 Å². The lowest BCUT2D eigenvalue weighted by atomic mass is 10.1. The molecule has 0 radical (unpaired) electrons. The van der Waals surface area contributed by atoms with Crippen LogP contribution < -0.4 is 9.64 Å². The Morgan fingerprint density at radius 1 is 1.06 bits per heavy atom. The Morgan fingerprint density at radius 3 is 2.69 bits per heavy atom. The first-order valence-electron chi connectivity index (χ1n) is 11.8. The van der Waals surface area contributed by atoms with E-state index < -0.39 is 5.97 Å². The monoisotopic (exact) mass is 470 g/mol. The number of hydrogen-bond acceptors (Lipinski definition) is 7. The van der Waals surface area contributed by atoms with Gasteiger partial charge in [-0.2, -0.15) is 0 Å². The molecule has 0 atom stereocenters. The van der Waals surface area contributed by atoms with Gasteiger partial charge in [0.25, 0.3) is 0 Å². The van der Waals surface area contributed by atoms with E-state index in [2.05, 4.69) is 43.0 Å². The first-order valence-corrected chi connectivity index (χ1v) is 11.8. The summed E-state index contributed by atoms with van der Waals surface area (Å²) in [7, 11) is 0. The molecule has 2 aliphatic heterocycles. The summed E-state index contributed by atoms with van der Waals surface area (Å²) in [5.74, 6) is 0.574. The number of imidazole rings is 1. The highest BCUT2D eigenvalue weighted by molar-refractivity contribution is 5.91. The number of aromatic carboxylic acids is 1. The van der Waals surface area contributed by atoms with E-state index in [0.717, 1.165) is 72.9 Å². The van der Waals surface area contributed by atoms with Crippen molar-refractivity contribution in [1.29, 1.82) is 0 Å². The topological polar surface area (TPSA) is 96.6 Å². The normalized spacial score (nSPS) is 15.5. The lowest BCUT2D eigenvalue weighted by Gasteiger charge is -2.36. The van der Waals surface area contributed by atoms with Gasteiger partial charge >= 0.3 is 5.97 Å². The van der Waals surface area contributed by atoms with Gasteiger partial charge in [0.15, 0.2) is 5.69 Å². The number of benzene rings is 2. The maximum atomic E-state index is 11.4. The molecule has 1 N–H and O–H groups in total. The van der Waals surface area contributed by atoms with Crippen molar-refractivity contribution in [2.75, 3.05) is 37.6 Å². The number of piperazine rings is 1. The van der Waals surface area contributed by atoms with Gasteiger partial charge in [0.05, 0.1) is 16.9 Å². The summed E-state index contributed by atoms with van der Waals surface area (Å²) in [6.07, 6.45) is 4.37. The summed E-state index contributed by atoms with van der Waals surface area (Å²) < 4.78 is 7.86. The van der Waals surface area contributed by atoms with E-state index >= 15 is 0 Å². The SMILES string of the molecule is Cc1ncc2c(N3CCN(CCc4cccc5c4OCc4c(C(=O)O)ncn4-5)CC3)cccc2n1. The van der Waals surface area contributed by atoms with Crippen LogP contribution in [0.4, 0.5) is 5.69 Å². The van der Waals surface area contributed by atoms with Crippen LogP contribution in [0.2, 0.25) is 0 Å². The van der Waals surface area contributed by atoms with Gasteiger partial charge in [-0.05, 0) is 37.1 Å². The van der Waals surface area contributed by atoms with Crippen molar-refractivity contribution >= 4 is 22.6 Å². The minimum atomic E-state index is -1.03. The quantitative estimate of drug-likeness (QED) is 0.475. The maximum absolute atomic E-state index is 11.4. The Hall–Kier alpha value is -3.98. The number of nitrogens with zero attached hydrogens (tertiary/aromatic N) is 6. The van der Waals surface area contributed by atoms with Crippen LogP contribution in [0, 0.1) is 6.92 Å². The van der Waals surface area contributed by atoms with E-state index in [-0.39, 0.29) is 12.3 Å². The van der Waals surface area contributed by atoms with Gasteiger partial charge in [0.2, 0.25) is 0 Å². The molecule has 9 nitrogen and oxygen atoms in total. The molecule has 178 valence electrons. The van der Waals surface area contributed by atoms with E-state index in [1.807, 2.05) is 35.9 Å². The Morgan fingerprint density at radius 2 is 1.86 bits per heavy atom. The van der Waals surface area contributed by atoms with Crippen molar-refractivity contribution < 1.29 is 14.6 Å². The summed E-state index contributed by atoms with van der Waals surface area (Å²) in [6, 6.07) is 12.3. The van der Waals surface area contributed by atoms with Crippen molar-refractivity contribution in [3.8, 4) is 11.4 Å². The predicted molar refractivity (Wildman–Crippen MR) is 131 cm³/mol. The Balaban J connectivity index is 1.13. The molecule has 4 aromatic rings. The lowest BCUT2D eigenvalue weighted by molar-refractivity contribution is 0.0687. The third kappa shape index (κ3) is 3.87. The third-order valence-corrected chi connectivity index (χ3v) is 6.89. The van der Waals surface area contributed by atoms with Gasteiger partial charge in [0.1, 0.15) is 24.5 Å². The van der Waals surface area contributed by atoms with Crippen molar-refractivity contribution in [3.63, 3.8) is 0 Å². The van der Waals surface area contributed by atoms with Crippen LogP contribution in [0.25, 0.3) is 16.6 Å². The zero-order valence-electron chi connectivity index (χ0n) is 19.5. The molecule has 0 amide bonds. The molecule has 2 aromatic heterocycles. The van der Waals surface area contributed by atoms with Crippen LogP contribution in [0.5, 0.6) is 5.75 Å². The number of fused-ring (bicyclic) bond motifs is 4. The molecule has 2 aromatic carbocycles. The summed E-state index contributed by atoms with van der Waals surface area (Å²) in [5, 5.41) is 10.5. The van der Waals surface area contributed by atoms with Crippen LogP contribution >= 0.6 is 0 Å². The molecule has 2 aliphatic rings. The molecule has 0 aliphatic carbocycles. The predicted octanol–water partition coefficient (Wildman–Crippen LogP) is 3.08. The fourth-order valence-electron chi connectivity index (χ4n) is 5.06. The highest BCUT2D eigenvalue weighted by Gasteiger charge is 2.26. The second-order valence-electron chi connectivity index (χ2n) is 8.97. The highest BCUT2D eigenvalue weighted by atomic mass is 16.5. The first-order chi connectivity index (χ1) is 17.1. The molecule has 0 spiro atoms. The van der Waals surface area contributed by atoms with Crippen LogP contribution in [0.3, 0.4) is 0 Å². The standard InChI is InChI=1S/C26H26N6O3/c1-17-27-14-19-20(29-17)5-3-6-21(19)31-12-10-30(11-13-31)9-8-18-4-2-7-22-25(18)35-15-23-24(26(33)34)28-16-32(22)23/h2-7,14,16H,8-13,15H2,1H3,(H,33,34). The van der Waals surface area contributed by atoms with Crippen LogP contribution in [0.15, 0.2) is 48.9 Å². The molecule has 9 heteroatoms. The van der Waals surface area contributed by atoms with E-state index in [9.17, 15) is 9.90 Å². The van der Waals surface area contributed by atoms with Crippen LogP contribution in [-0.2, 0) is 13.0 Å². The summed E-state index contributed by atoms with van der Waals surface area (Å²) in [5.41, 5.74) is 4.79. The van der Waals surface area contributed by atoms with E-state index in [1.165, 1.54) is 5.69 Å². The summed E-state index contributed by atoms with van der Waals surface area (Å²) in [4.78, 5) is 29.4. The first kappa shape index (κ1) is 21.5. The minimum absolute atomic E-state index is 0.0480. The Bertz CT molecular complexity index is 1420. The zero-order chi connectivity index (χ0) is 23.9. The second-order valence-corrected chi connectivity index (χ2v) is 8.97. The summed E-state index contributed by atoms with van der Waals surface area (Å²) in [6.45, 7) is 6.92. The zero-order valence-corrected chi connectivity index (χ0v) is 19.5. The van der Waals surface area contributed by atoms with Gasteiger partial charge in [0, 0.05) is 50.0 Å². The molecule has 0 unspecified atom stereocenters. The van der Waals surface area contributed by atoms with Crippen molar-refractivity contribution in [2.24, 2.45) is 0 Å². The molecular weight excluding hydrogens is 444 g/mol. The average Bonchev–Trinajstić information content (AvgIpc) is 3.32. The molecular formula is C26H26N6O3. The number of aromatic nitrogens is 4. The number of para-hydroxylation sites is 1. The number of carboxylic acid groups (broad SMARTS) is 1. The number of aryl methyl sites for hydroxylation is 1.